The zero-order valence-electron chi connectivity index (χ0n) is 4.08. The molecular weight excluding hydrogens is 185 g/mol. The van der Waals surface area contributed by atoms with E-state index < -0.39 is 19.0 Å². The number of hydrogen-bond donors (Lipinski definition) is 0. The van der Waals surface area contributed by atoms with Crippen LogP contribution in [0.4, 0.5) is 13.2 Å². The summed E-state index contributed by atoms with van der Waals surface area (Å²) in [7, 11) is 0. The third-order valence-electron chi connectivity index (χ3n) is 0.601. The van der Waals surface area contributed by atoms with Crippen molar-refractivity contribution in [2.75, 3.05) is 5.33 Å². The maximum absolute atomic E-state index is 11.9. The molecule has 0 radical (unpaired) electrons. The molecule has 0 aliphatic heterocycles. The van der Waals surface area contributed by atoms with E-state index in [9.17, 15) is 13.2 Å². The van der Waals surface area contributed by atoms with E-state index in [0.29, 0.717) is 0 Å². The Morgan fingerprint density at radius 2 is 1.75 bits per heavy atom. The molecule has 0 rings (SSSR count). The summed E-state index contributed by atoms with van der Waals surface area (Å²) >= 11 is 2.73. The van der Waals surface area contributed by atoms with Gasteiger partial charge in [-0.25, -0.2) is 13.2 Å². The molecule has 0 N–H and O–H groups in total. The second kappa shape index (κ2) is 4.18. The van der Waals surface area contributed by atoms with Crippen LogP contribution in [0.3, 0.4) is 0 Å². The van der Waals surface area contributed by atoms with Crippen LogP contribution in [0.1, 0.15) is 6.42 Å². The number of rotatable bonds is 3. The molecule has 1 atom stereocenters. The molecule has 0 saturated heterocycles. The predicted molar refractivity (Wildman–Crippen MR) is 29.3 cm³/mol. The van der Waals surface area contributed by atoms with Crippen molar-refractivity contribution in [2.45, 2.75) is 19.0 Å². The Hall–Kier alpha value is 0.270. The smallest absolute Gasteiger partial charge is 0.241 e. The fraction of sp³-hybridized carbons (Fsp3) is 1.00. The third kappa shape index (κ3) is 4.43. The molecule has 0 aromatic carbocycles. The monoisotopic (exact) mass is 190 g/mol. The minimum Gasteiger partial charge on any atom is -0.246 e. The lowest BCUT2D eigenvalue weighted by Gasteiger charge is -1.99. The van der Waals surface area contributed by atoms with E-state index in [1.165, 1.54) is 0 Å². The lowest BCUT2D eigenvalue weighted by molar-refractivity contribution is 0.107. The van der Waals surface area contributed by atoms with Gasteiger partial charge >= 0.3 is 0 Å². The topological polar surface area (TPSA) is 0 Å². The van der Waals surface area contributed by atoms with E-state index >= 15 is 0 Å². The molecule has 0 spiro atoms. The zero-order chi connectivity index (χ0) is 6.57. The van der Waals surface area contributed by atoms with Crippen molar-refractivity contribution < 1.29 is 13.2 Å². The minimum absolute atomic E-state index is 0.00264. The number of halogens is 4. The first-order chi connectivity index (χ1) is 3.66. The van der Waals surface area contributed by atoms with Gasteiger partial charge in [0.15, 0.2) is 0 Å². The third-order valence-corrected chi connectivity index (χ3v) is 1.30. The van der Waals surface area contributed by atoms with Crippen molar-refractivity contribution in [3.63, 3.8) is 0 Å². The molecule has 0 saturated carbocycles. The van der Waals surface area contributed by atoms with Crippen molar-refractivity contribution in [3.8, 4) is 0 Å². The molecule has 0 amide bonds. The van der Waals surface area contributed by atoms with E-state index in [4.69, 9.17) is 0 Å². The Kier molecular flexibility index (Phi) is 4.32. The average molecular weight is 191 g/mol. The van der Waals surface area contributed by atoms with Crippen molar-refractivity contribution in [1.29, 1.82) is 0 Å². The first-order valence-electron chi connectivity index (χ1n) is 2.15. The van der Waals surface area contributed by atoms with Crippen molar-refractivity contribution in [2.24, 2.45) is 0 Å². The van der Waals surface area contributed by atoms with Gasteiger partial charge in [-0.15, -0.1) is 0 Å². The van der Waals surface area contributed by atoms with Crippen molar-refractivity contribution in [1.82, 2.24) is 0 Å². The second-order valence-corrected chi connectivity index (χ2v) is 2.03. The Balaban J connectivity index is 3.10. The molecule has 0 heterocycles. The summed E-state index contributed by atoms with van der Waals surface area (Å²) in [6.45, 7) is 0. The van der Waals surface area contributed by atoms with E-state index in [1.54, 1.807) is 0 Å². The maximum Gasteiger partial charge on any atom is 0.241 e. The normalized spacial score (nSPS) is 14.6. The summed E-state index contributed by atoms with van der Waals surface area (Å²) in [6, 6.07) is 0. The molecule has 0 aliphatic carbocycles. The molecule has 50 valence electrons. The van der Waals surface area contributed by atoms with Gasteiger partial charge in [0.1, 0.15) is 6.17 Å². The molecule has 0 nitrogen and oxygen atoms in total. The van der Waals surface area contributed by atoms with Crippen LogP contribution in [0.25, 0.3) is 0 Å². The average Bonchev–Trinajstić information content (AvgIpc) is 1.65. The van der Waals surface area contributed by atoms with Gasteiger partial charge < -0.3 is 0 Å². The van der Waals surface area contributed by atoms with Crippen molar-refractivity contribution in [3.05, 3.63) is 0 Å². The zero-order valence-corrected chi connectivity index (χ0v) is 5.67. The fourth-order valence-corrected chi connectivity index (χ4v) is 0.521. The quantitative estimate of drug-likeness (QED) is 0.600. The number of hydrogen-bond acceptors (Lipinski definition) is 0. The SMILES string of the molecule is FC(F)CC(F)CBr. The van der Waals surface area contributed by atoms with Crippen molar-refractivity contribution >= 4 is 15.9 Å². The first kappa shape index (κ1) is 8.27. The highest BCUT2D eigenvalue weighted by Gasteiger charge is 2.11. The maximum atomic E-state index is 11.9. The standard InChI is InChI=1S/C4H6BrF3/c5-2-3(6)1-4(7)8/h3-4H,1-2H2. The number of alkyl halides is 4. The van der Waals surface area contributed by atoms with Gasteiger partial charge in [0.05, 0.1) is 0 Å². The molecule has 1 unspecified atom stereocenters. The van der Waals surface area contributed by atoms with Crippen LogP contribution in [-0.4, -0.2) is 17.9 Å². The summed E-state index contributed by atoms with van der Waals surface area (Å²) in [5, 5.41) is -0.00264. The Morgan fingerprint density at radius 1 is 1.25 bits per heavy atom. The van der Waals surface area contributed by atoms with Gasteiger partial charge in [-0.05, 0) is 0 Å². The highest BCUT2D eigenvalue weighted by Crippen LogP contribution is 2.08. The molecule has 4 heteroatoms. The summed E-state index contributed by atoms with van der Waals surface area (Å²) in [4.78, 5) is 0. The molecule has 0 aromatic heterocycles. The minimum atomic E-state index is -2.53. The lowest BCUT2D eigenvalue weighted by atomic mass is 10.3. The molecule has 8 heavy (non-hydrogen) atoms. The molecule has 0 bridgehead atoms. The van der Waals surface area contributed by atoms with Gasteiger partial charge in [-0.2, -0.15) is 0 Å². The molecule has 0 aromatic rings. The van der Waals surface area contributed by atoms with Gasteiger partial charge in [-0.1, -0.05) is 15.9 Å². The summed E-state index contributed by atoms with van der Waals surface area (Å²) in [5.74, 6) is 0. The lowest BCUT2D eigenvalue weighted by Crippen LogP contribution is -2.06. The predicted octanol–water partition coefficient (Wildman–Crippen LogP) is 2.37. The van der Waals surface area contributed by atoms with Crippen LogP contribution >= 0.6 is 15.9 Å². The van der Waals surface area contributed by atoms with Crippen LogP contribution < -0.4 is 0 Å². The Morgan fingerprint density at radius 3 is 1.88 bits per heavy atom. The van der Waals surface area contributed by atoms with Crippen LogP contribution in [0.5, 0.6) is 0 Å². The van der Waals surface area contributed by atoms with Gasteiger partial charge in [-0.3, -0.25) is 0 Å². The molecule has 0 fully saturated rings. The van der Waals surface area contributed by atoms with E-state index in [1.807, 2.05) is 0 Å². The first-order valence-corrected chi connectivity index (χ1v) is 3.27. The van der Waals surface area contributed by atoms with Crippen LogP contribution in [0, 0.1) is 0 Å². The van der Waals surface area contributed by atoms with Crippen LogP contribution in [-0.2, 0) is 0 Å². The van der Waals surface area contributed by atoms with E-state index in [-0.39, 0.29) is 5.33 Å². The fourth-order valence-electron chi connectivity index (χ4n) is 0.256. The van der Waals surface area contributed by atoms with Gasteiger partial charge in [0.25, 0.3) is 0 Å². The van der Waals surface area contributed by atoms with E-state index in [2.05, 4.69) is 15.9 Å². The highest BCUT2D eigenvalue weighted by atomic mass is 79.9. The second-order valence-electron chi connectivity index (χ2n) is 1.38. The van der Waals surface area contributed by atoms with E-state index in [0.717, 1.165) is 0 Å². The molecular formula is C4H6BrF3. The van der Waals surface area contributed by atoms with Gasteiger partial charge in [0, 0.05) is 11.8 Å². The summed E-state index contributed by atoms with van der Waals surface area (Å²) in [6.07, 6.45) is -4.59. The van der Waals surface area contributed by atoms with Crippen LogP contribution in [0.15, 0.2) is 0 Å². The Bertz CT molecular complexity index is 57.2. The summed E-state index contributed by atoms with van der Waals surface area (Å²) in [5.41, 5.74) is 0. The Labute approximate surface area is 54.2 Å². The highest BCUT2D eigenvalue weighted by molar-refractivity contribution is 9.09. The van der Waals surface area contributed by atoms with Gasteiger partial charge in [0.2, 0.25) is 6.43 Å². The van der Waals surface area contributed by atoms with Crippen LogP contribution in [0.2, 0.25) is 0 Å². The molecule has 0 aliphatic rings. The summed E-state index contributed by atoms with van der Waals surface area (Å²) < 4.78 is 34.3. The largest absolute Gasteiger partial charge is 0.246 e.